The van der Waals surface area contributed by atoms with Crippen LogP contribution in [0.1, 0.15) is 11.1 Å². The number of benzene rings is 1. The first-order valence-corrected chi connectivity index (χ1v) is 9.47. The number of fused-ring (bicyclic) bond motifs is 1. The molecule has 0 amide bonds. The molecule has 3 rings (SSSR count). The van der Waals surface area contributed by atoms with E-state index in [2.05, 4.69) is 6.58 Å². The van der Waals surface area contributed by atoms with Gasteiger partial charge in [-0.2, -0.15) is 0 Å². The predicted octanol–water partition coefficient (Wildman–Crippen LogP) is 3.52. The lowest BCUT2D eigenvalue weighted by Gasteiger charge is -2.17. The van der Waals surface area contributed by atoms with Gasteiger partial charge in [-0.25, -0.2) is 13.2 Å². The molecule has 0 aliphatic carbocycles. The zero-order valence-electron chi connectivity index (χ0n) is 13.5. The number of anilines is 1. The Balaban J connectivity index is 2.09. The molecule has 0 atom stereocenters. The van der Waals surface area contributed by atoms with E-state index in [0.717, 1.165) is 21.2 Å². The first kappa shape index (κ1) is 17.2. The average molecular weight is 377 g/mol. The third kappa shape index (κ3) is 3.06. The van der Waals surface area contributed by atoms with Gasteiger partial charge in [0.2, 0.25) is 0 Å². The van der Waals surface area contributed by atoms with E-state index in [0.29, 0.717) is 9.70 Å². The number of hydrogen-bond donors (Lipinski definition) is 1. The van der Waals surface area contributed by atoms with Crippen LogP contribution in [0.5, 0.6) is 0 Å². The van der Waals surface area contributed by atoms with Gasteiger partial charge >= 0.3 is 5.63 Å². The van der Waals surface area contributed by atoms with E-state index in [-0.39, 0.29) is 16.0 Å². The highest BCUT2D eigenvalue weighted by Crippen LogP contribution is 2.34. The number of thiophene rings is 1. The largest absolute Gasteiger partial charge is 0.508 e. The van der Waals surface area contributed by atoms with Gasteiger partial charge in [-0.15, -0.1) is 11.3 Å². The van der Waals surface area contributed by atoms with E-state index in [1.54, 1.807) is 12.1 Å². The minimum atomic E-state index is -3.74. The van der Waals surface area contributed by atoms with Crippen molar-refractivity contribution in [3.63, 3.8) is 0 Å². The SMILES string of the molecule is C=C(O)c1cc2sc(N(C)S(=O)(=O)c3cccc(C)c3)cc2oc1=O. The number of nitrogens with zero attached hydrogens (tertiary/aromatic N) is 1. The van der Waals surface area contributed by atoms with Crippen molar-refractivity contribution in [2.75, 3.05) is 11.4 Å². The topological polar surface area (TPSA) is 87.8 Å². The highest BCUT2D eigenvalue weighted by Gasteiger charge is 2.24. The van der Waals surface area contributed by atoms with Gasteiger partial charge in [-0.05, 0) is 30.7 Å². The normalized spacial score (nSPS) is 11.6. The molecule has 25 heavy (non-hydrogen) atoms. The minimum absolute atomic E-state index is 0.0508. The summed E-state index contributed by atoms with van der Waals surface area (Å²) in [5.41, 5.74) is 0.308. The molecule has 0 bridgehead atoms. The molecular weight excluding hydrogens is 362 g/mol. The number of aliphatic hydroxyl groups excluding tert-OH is 1. The van der Waals surface area contributed by atoms with E-state index in [1.165, 1.54) is 25.2 Å². The van der Waals surface area contributed by atoms with Crippen molar-refractivity contribution in [1.82, 2.24) is 0 Å². The quantitative estimate of drug-likeness (QED) is 0.703. The van der Waals surface area contributed by atoms with Gasteiger partial charge in [0.1, 0.15) is 16.3 Å². The van der Waals surface area contributed by atoms with Crippen molar-refractivity contribution in [3.8, 4) is 0 Å². The summed E-state index contributed by atoms with van der Waals surface area (Å²) in [6, 6.07) is 9.53. The molecule has 2 heterocycles. The van der Waals surface area contributed by atoms with Gasteiger partial charge in [0.25, 0.3) is 10.0 Å². The Morgan fingerprint density at radius 3 is 2.64 bits per heavy atom. The summed E-state index contributed by atoms with van der Waals surface area (Å²) in [5, 5.41) is 9.82. The van der Waals surface area contributed by atoms with Crippen LogP contribution < -0.4 is 9.93 Å². The van der Waals surface area contributed by atoms with Crippen molar-refractivity contribution >= 4 is 42.4 Å². The second-order valence-corrected chi connectivity index (χ2v) is 8.53. The van der Waals surface area contributed by atoms with Gasteiger partial charge in [-0.3, -0.25) is 4.31 Å². The third-order valence-corrected chi connectivity index (χ3v) is 6.70. The van der Waals surface area contributed by atoms with E-state index < -0.39 is 21.4 Å². The highest BCUT2D eigenvalue weighted by molar-refractivity contribution is 7.93. The van der Waals surface area contributed by atoms with Crippen LogP contribution in [-0.4, -0.2) is 20.6 Å². The number of hydrogen-bond acceptors (Lipinski definition) is 6. The fourth-order valence-corrected chi connectivity index (χ4v) is 4.80. The average Bonchev–Trinajstić information content (AvgIpc) is 2.95. The molecular formula is C17H15NO5S2. The summed E-state index contributed by atoms with van der Waals surface area (Å²) in [6.07, 6.45) is 0. The molecule has 130 valence electrons. The summed E-state index contributed by atoms with van der Waals surface area (Å²) >= 11 is 1.13. The molecule has 0 unspecified atom stereocenters. The van der Waals surface area contributed by atoms with Crippen molar-refractivity contribution in [3.05, 3.63) is 64.5 Å². The molecule has 1 aromatic carbocycles. The fourth-order valence-electron chi connectivity index (χ4n) is 2.31. The number of aryl methyl sites for hydroxylation is 1. The first-order chi connectivity index (χ1) is 11.7. The maximum absolute atomic E-state index is 12.8. The minimum Gasteiger partial charge on any atom is -0.508 e. The lowest BCUT2D eigenvalue weighted by molar-refractivity contribution is 0.499. The summed E-state index contributed by atoms with van der Waals surface area (Å²) in [5.74, 6) is -0.397. The number of sulfonamides is 1. The van der Waals surface area contributed by atoms with Crippen molar-refractivity contribution in [1.29, 1.82) is 0 Å². The summed E-state index contributed by atoms with van der Waals surface area (Å²) in [7, 11) is -2.30. The molecule has 0 saturated carbocycles. The smallest absolute Gasteiger partial charge is 0.347 e. The lowest BCUT2D eigenvalue weighted by Crippen LogP contribution is -2.25. The Bertz CT molecular complexity index is 1140. The maximum Gasteiger partial charge on any atom is 0.347 e. The standard InChI is InChI=1S/C17H15NO5S2/c1-10-5-4-6-12(7-10)25(21,22)18(3)16-9-14-15(24-16)8-13(11(2)19)17(20)23-14/h4-9,19H,2H2,1,3H3. The number of rotatable bonds is 4. The molecule has 6 nitrogen and oxygen atoms in total. The monoisotopic (exact) mass is 377 g/mol. The van der Waals surface area contributed by atoms with E-state index in [1.807, 2.05) is 13.0 Å². The lowest BCUT2D eigenvalue weighted by atomic mass is 10.2. The predicted molar refractivity (Wildman–Crippen MR) is 98.8 cm³/mol. The zero-order valence-corrected chi connectivity index (χ0v) is 15.1. The second kappa shape index (κ2) is 6.05. The van der Waals surface area contributed by atoms with Crippen LogP contribution in [0.4, 0.5) is 5.00 Å². The van der Waals surface area contributed by atoms with E-state index in [9.17, 15) is 18.3 Å². The molecule has 0 aliphatic heterocycles. The van der Waals surface area contributed by atoms with Gasteiger partial charge in [0.05, 0.1) is 9.60 Å². The molecule has 0 radical (unpaired) electrons. The van der Waals surface area contributed by atoms with Crippen LogP contribution in [0.15, 0.2) is 57.1 Å². The zero-order chi connectivity index (χ0) is 18.4. The Kier molecular flexibility index (Phi) is 4.18. The Morgan fingerprint density at radius 1 is 1.28 bits per heavy atom. The van der Waals surface area contributed by atoms with Crippen LogP contribution in [0.25, 0.3) is 16.0 Å². The van der Waals surface area contributed by atoms with Crippen molar-refractivity contribution < 1.29 is 17.9 Å². The van der Waals surface area contributed by atoms with Crippen molar-refractivity contribution in [2.45, 2.75) is 11.8 Å². The molecule has 0 aliphatic rings. The van der Waals surface area contributed by atoms with E-state index >= 15 is 0 Å². The molecule has 1 N–H and O–H groups in total. The Hall–Kier alpha value is -2.58. The Morgan fingerprint density at radius 2 is 2.00 bits per heavy atom. The molecule has 2 aromatic heterocycles. The second-order valence-electron chi connectivity index (χ2n) is 5.50. The highest BCUT2D eigenvalue weighted by atomic mass is 32.2. The van der Waals surface area contributed by atoms with Crippen LogP contribution in [0.3, 0.4) is 0 Å². The van der Waals surface area contributed by atoms with Crippen LogP contribution in [-0.2, 0) is 10.0 Å². The van der Waals surface area contributed by atoms with Gasteiger partial charge < -0.3 is 9.52 Å². The summed E-state index contributed by atoms with van der Waals surface area (Å²) in [6.45, 7) is 5.13. The van der Waals surface area contributed by atoms with Crippen molar-refractivity contribution in [2.24, 2.45) is 0 Å². The number of aliphatic hydroxyl groups is 1. The van der Waals surface area contributed by atoms with Crippen LogP contribution in [0, 0.1) is 6.92 Å². The van der Waals surface area contributed by atoms with Crippen LogP contribution >= 0.6 is 11.3 Å². The first-order valence-electron chi connectivity index (χ1n) is 7.21. The molecule has 0 spiro atoms. The van der Waals surface area contributed by atoms with Gasteiger partial charge in [0.15, 0.2) is 5.58 Å². The van der Waals surface area contributed by atoms with E-state index in [4.69, 9.17) is 4.42 Å². The molecule has 0 fully saturated rings. The summed E-state index contributed by atoms with van der Waals surface area (Å²) < 4.78 is 32.4. The van der Waals surface area contributed by atoms with Gasteiger partial charge in [0, 0.05) is 13.1 Å². The summed E-state index contributed by atoms with van der Waals surface area (Å²) in [4.78, 5) is 12.0. The molecule has 0 saturated heterocycles. The molecule has 3 aromatic rings. The molecule has 8 heteroatoms. The van der Waals surface area contributed by atoms with Gasteiger partial charge in [-0.1, -0.05) is 18.7 Å². The fraction of sp³-hybridized carbons (Fsp3) is 0.118. The Labute approximate surface area is 148 Å². The maximum atomic E-state index is 12.8. The third-order valence-electron chi connectivity index (χ3n) is 3.68. The van der Waals surface area contributed by atoms with Crippen LogP contribution in [0.2, 0.25) is 0 Å².